The molecule has 1 fully saturated rings. The molecule has 1 saturated carbocycles. The van der Waals surface area contributed by atoms with Crippen molar-refractivity contribution < 1.29 is 5.11 Å². The highest BCUT2D eigenvalue weighted by Gasteiger charge is 2.34. The predicted octanol–water partition coefficient (Wildman–Crippen LogP) is 5.56. The van der Waals surface area contributed by atoms with Crippen LogP contribution in [0.2, 0.25) is 10.0 Å². The molecule has 0 bridgehead atoms. The van der Waals surface area contributed by atoms with E-state index in [1.54, 1.807) is 6.07 Å². The first-order chi connectivity index (χ1) is 9.07. The van der Waals surface area contributed by atoms with Crippen LogP contribution in [0.3, 0.4) is 0 Å². The van der Waals surface area contributed by atoms with E-state index >= 15 is 0 Å². The number of rotatable bonds is 3. The van der Waals surface area contributed by atoms with Crippen LogP contribution in [0.5, 0.6) is 0 Å². The minimum absolute atomic E-state index is 0.514. The van der Waals surface area contributed by atoms with Gasteiger partial charge in [-0.2, -0.15) is 0 Å². The summed E-state index contributed by atoms with van der Waals surface area (Å²) < 4.78 is 0. The van der Waals surface area contributed by atoms with E-state index in [0.29, 0.717) is 10.0 Å². The molecule has 1 aromatic carbocycles. The average Bonchev–Trinajstić information content (AvgIpc) is 2.57. The van der Waals surface area contributed by atoms with Crippen molar-refractivity contribution in [2.24, 2.45) is 5.92 Å². The Balaban J connectivity index is 2.20. The zero-order valence-corrected chi connectivity index (χ0v) is 13.0. The maximum absolute atomic E-state index is 11.0. The third-order valence-corrected chi connectivity index (χ3v) is 5.14. The van der Waals surface area contributed by atoms with Crippen molar-refractivity contribution in [3.05, 3.63) is 33.8 Å². The fourth-order valence-corrected chi connectivity index (χ4v) is 3.70. The summed E-state index contributed by atoms with van der Waals surface area (Å²) in [6.07, 6.45) is 7.41. The maximum atomic E-state index is 11.0. The van der Waals surface area contributed by atoms with Crippen molar-refractivity contribution in [2.45, 2.75) is 57.5 Å². The van der Waals surface area contributed by atoms with Gasteiger partial charge in [0.1, 0.15) is 0 Å². The Hall–Kier alpha value is -0.240. The zero-order chi connectivity index (χ0) is 13.9. The van der Waals surface area contributed by atoms with Gasteiger partial charge in [0.15, 0.2) is 0 Å². The van der Waals surface area contributed by atoms with Crippen LogP contribution in [-0.4, -0.2) is 5.11 Å². The summed E-state index contributed by atoms with van der Waals surface area (Å²) >= 11 is 12.3. The van der Waals surface area contributed by atoms with Crippen LogP contribution in [0.4, 0.5) is 0 Å². The van der Waals surface area contributed by atoms with E-state index < -0.39 is 5.60 Å². The molecule has 0 spiro atoms. The zero-order valence-electron chi connectivity index (χ0n) is 11.5. The standard InChI is InChI=1S/C16H22Cl2O/c1-2-5-12-6-4-10-16(19,11-9-12)13-7-3-8-14(17)15(13)18/h3,7-8,12,19H,2,4-6,9-11H2,1H3. The van der Waals surface area contributed by atoms with Gasteiger partial charge in [0.25, 0.3) is 0 Å². The molecule has 106 valence electrons. The predicted molar refractivity (Wildman–Crippen MR) is 81.8 cm³/mol. The van der Waals surface area contributed by atoms with Crippen molar-refractivity contribution in [1.29, 1.82) is 0 Å². The highest BCUT2D eigenvalue weighted by molar-refractivity contribution is 6.42. The average molecular weight is 301 g/mol. The molecular formula is C16H22Cl2O. The molecule has 0 saturated heterocycles. The fourth-order valence-electron chi connectivity index (χ4n) is 3.22. The van der Waals surface area contributed by atoms with Crippen LogP contribution in [0.25, 0.3) is 0 Å². The van der Waals surface area contributed by atoms with Crippen LogP contribution in [0, 0.1) is 5.92 Å². The summed E-state index contributed by atoms with van der Waals surface area (Å²) in [7, 11) is 0. The number of benzene rings is 1. The van der Waals surface area contributed by atoms with Crippen molar-refractivity contribution in [2.75, 3.05) is 0 Å². The topological polar surface area (TPSA) is 20.2 Å². The molecule has 19 heavy (non-hydrogen) atoms. The summed E-state index contributed by atoms with van der Waals surface area (Å²) in [6, 6.07) is 5.55. The van der Waals surface area contributed by atoms with E-state index in [1.807, 2.05) is 12.1 Å². The SMILES string of the molecule is CCCC1CCCC(O)(c2cccc(Cl)c2Cl)CC1. The van der Waals surface area contributed by atoms with E-state index in [0.717, 1.165) is 37.2 Å². The van der Waals surface area contributed by atoms with E-state index in [1.165, 1.54) is 19.3 Å². The van der Waals surface area contributed by atoms with Crippen LogP contribution in [0.1, 0.15) is 57.4 Å². The summed E-state index contributed by atoms with van der Waals surface area (Å²) in [5.74, 6) is 0.747. The molecule has 0 radical (unpaired) electrons. The smallest absolute Gasteiger partial charge is 0.0911 e. The van der Waals surface area contributed by atoms with Gasteiger partial charge >= 0.3 is 0 Å². The van der Waals surface area contributed by atoms with E-state index in [9.17, 15) is 5.11 Å². The van der Waals surface area contributed by atoms with Crippen molar-refractivity contribution in [3.8, 4) is 0 Å². The first-order valence-electron chi connectivity index (χ1n) is 7.23. The molecule has 2 unspecified atom stereocenters. The van der Waals surface area contributed by atoms with Gasteiger partial charge in [-0.1, -0.05) is 61.5 Å². The Morgan fingerprint density at radius 2 is 2.05 bits per heavy atom. The summed E-state index contributed by atoms with van der Waals surface area (Å²) in [5.41, 5.74) is 0.00334. The molecule has 2 atom stereocenters. The Labute approximate surface area is 125 Å². The minimum Gasteiger partial charge on any atom is -0.385 e. The third kappa shape index (κ3) is 3.45. The second kappa shape index (κ2) is 6.47. The molecule has 0 amide bonds. The highest BCUT2D eigenvalue weighted by Crippen LogP contribution is 2.43. The fraction of sp³-hybridized carbons (Fsp3) is 0.625. The Morgan fingerprint density at radius 3 is 2.79 bits per heavy atom. The van der Waals surface area contributed by atoms with Gasteiger partial charge < -0.3 is 5.11 Å². The highest BCUT2D eigenvalue weighted by atomic mass is 35.5. The Morgan fingerprint density at radius 1 is 1.26 bits per heavy atom. The van der Waals surface area contributed by atoms with E-state index in [-0.39, 0.29) is 0 Å². The van der Waals surface area contributed by atoms with Crippen LogP contribution < -0.4 is 0 Å². The molecular weight excluding hydrogens is 279 g/mol. The maximum Gasteiger partial charge on any atom is 0.0911 e. The van der Waals surface area contributed by atoms with Gasteiger partial charge in [-0.05, 0) is 37.7 Å². The van der Waals surface area contributed by atoms with E-state index in [4.69, 9.17) is 23.2 Å². The van der Waals surface area contributed by atoms with Gasteiger partial charge in [-0.3, -0.25) is 0 Å². The lowest BCUT2D eigenvalue weighted by Gasteiger charge is -2.28. The Kier molecular flexibility index (Phi) is 5.16. The molecule has 1 aromatic rings. The normalized spacial score (nSPS) is 28.1. The summed E-state index contributed by atoms with van der Waals surface area (Å²) in [5, 5.41) is 12.0. The van der Waals surface area contributed by atoms with E-state index in [2.05, 4.69) is 6.92 Å². The van der Waals surface area contributed by atoms with Crippen molar-refractivity contribution in [3.63, 3.8) is 0 Å². The number of aliphatic hydroxyl groups is 1. The Bertz CT molecular complexity index is 433. The van der Waals surface area contributed by atoms with Crippen LogP contribution >= 0.6 is 23.2 Å². The van der Waals surface area contributed by atoms with Gasteiger partial charge in [0.05, 0.1) is 15.6 Å². The second-order valence-electron chi connectivity index (χ2n) is 5.72. The largest absolute Gasteiger partial charge is 0.385 e. The minimum atomic E-state index is -0.801. The van der Waals surface area contributed by atoms with Crippen LogP contribution in [-0.2, 0) is 5.60 Å². The van der Waals surface area contributed by atoms with Crippen molar-refractivity contribution >= 4 is 23.2 Å². The molecule has 3 heteroatoms. The molecule has 0 aromatic heterocycles. The summed E-state index contributed by atoms with van der Waals surface area (Å²) in [6.45, 7) is 2.23. The lowest BCUT2D eigenvalue weighted by atomic mass is 9.86. The number of hydrogen-bond donors (Lipinski definition) is 1. The number of halogens is 2. The molecule has 2 rings (SSSR count). The quantitative estimate of drug-likeness (QED) is 0.724. The molecule has 1 N–H and O–H groups in total. The third-order valence-electron chi connectivity index (χ3n) is 4.32. The molecule has 0 heterocycles. The van der Waals surface area contributed by atoms with Gasteiger partial charge in [0.2, 0.25) is 0 Å². The lowest BCUT2D eigenvalue weighted by molar-refractivity contribution is 0.0196. The first kappa shape index (κ1) is 15.2. The van der Waals surface area contributed by atoms with Gasteiger partial charge in [-0.15, -0.1) is 0 Å². The molecule has 0 aliphatic heterocycles. The van der Waals surface area contributed by atoms with Gasteiger partial charge in [-0.25, -0.2) is 0 Å². The van der Waals surface area contributed by atoms with Crippen LogP contribution in [0.15, 0.2) is 18.2 Å². The molecule has 1 aliphatic rings. The lowest BCUT2D eigenvalue weighted by Crippen LogP contribution is -2.25. The van der Waals surface area contributed by atoms with Crippen molar-refractivity contribution in [1.82, 2.24) is 0 Å². The molecule has 1 aliphatic carbocycles. The van der Waals surface area contributed by atoms with Gasteiger partial charge in [0, 0.05) is 5.56 Å². The summed E-state index contributed by atoms with van der Waals surface area (Å²) in [4.78, 5) is 0. The number of hydrogen-bond acceptors (Lipinski definition) is 1. The molecule has 1 nitrogen and oxygen atoms in total. The second-order valence-corrected chi connectivity index (χ2v) is 6.50. The monoisotopic (exact) mass is 300 g/mol. The first-order valence-corrected chi connectivity index (χ1v) is 7.99.